The number of carbonyl (C=O) groups excluding carboxylic acids is 1. The maximum absolute atomic E-state index is 12.3. The first-order valence-electron chi connectivity index (χ1n) is 6.67. The van der Waals surface area contributed by atoms with Gasteiger partial charge in [-0.2, -0.15) is 0 Å². The number of ether oxygens (including phenoxy) is 1. The fourth-order valence-corrected chi connectivity index (χ4v) is 5.19. The van der Waals surface area contributed by atoms with E-state index < -0.39 is 10.0 Å². The van der Waals surface area contributed by atoms with Gasteiger partial charge in [0.25, 0.3) is 15.9 Å². The maximum atomic E-state index is 12.3. The van der Waals surface area contributed by atoms with Crippen LogP contribution in [0.15, 0.2) is 38.3 Å². The van der Waals surface area contributed by atoms with Gasteiger partial charge in [0.2, 0.25) is 0 Å². The van der Waals surface area contributed by atoms with Crippen LogP contribution in [0.1, 0.15) is 10.4 Å². The summed E-state index contributed by atoms with van der Waals surface area (Å²) < 4.78 is 33.6. The highest BCUT2D eigenvalue weighted by molar-refractivity contribution is 9.11. The largest absolute Gasteiger partial charge is 0.491 e. The van der Waals surface area contributed by atoms with Crippen molar-refractivity contribution in [1.29, 1.82) is 0 Å². The number of hydrogen-bond donors (Lipinski definition) is 1. The molecule has 0 fully saturated rings. The van der Waals surface area contributed by atoms with Gasteiger partial charge in [-0.25, -0.2) is 8.42 Å². The molecule has 2 heterocycles. The van der Waals surface area contributed by atoms with Crippen molar-refractivity contribution in [3.8, 4) is 5.75 Å². The smallest absolute Gasteiger partial charge is 0.271 e. The van der Waals surface area contributed by atoms with Crippen molar-refractivity contribution in [2.45, 2.75) is 4.21 Å². The SMILES string of the molecule is CN1CCOc2ccc(NS(=O)(=O)c3ccc(Br)s3)cc2C1=O. The van der Waals surface area contributed by atoms with Crippen molar-refractivity contribution in [2.24, 2.45) is 0 Å². The summed E-state index contributed by atoms with van der Waals surface area (Å²) in [5, 5.41) is 0. The van der Waals surface area contributed by atoms with Gasteiger partial charge < -0.3 is 9.64 Å². The van der Waals surface area contributed by atoms with Crippen LogP contribution >= 0.6 is 27.3 Å². The predicted molar refractivity (Wildman–Crippen MR) is 91.7 cm³/mol. The number of thiophene rings is 1. The van der Waals surface area contributed by atoms with E-state index in [2.05, 4.69) is 20.7 Å². The number of halogens is 1. The number of fused-ring (bicyclic) bond motifs is 1. The van der Waals surface area contributed by atoms with Gasteiger partial charge in [0, 0.05) is 12.7 Å². The number of hydrogen-bond acceptors (Lipinski definition) is 5. The minimum Gasteiger partial charge on any atom is -0.491 e. The molecule has 0 bridgehead atoms. The van der Waals surface area contributed by atoms with Crippen LogP contribution in [0.25, 0.3) is 0 Å². The van der Waals surface area contributed by atoms with E-state index >= 15 is 0 Å². The van der Waals surface area contributed by atoms with Gasteiger partial charge in [-0.15, -0.1) is 11.3 Å². The third kappa shape index (κ3) is 3.36. The van der Waals surface area contributed by atoms with Crippen molar-refractivity contribution in [1.82, 2.24) is 4.90 Å². The first-order chi connectivity index (χ1) is 10.9. The molecule has 1 aromatic heterocycles. The van der Waals surface area contributed by atoms with Crippen LogP contribution in [0.4, 0.5) is 5.69 Å². The summed E-state index contributed by atoms with van der Waals surface area (Å²) >= 11 is 4.36. The first-order valence-corrected chi connectivity index (χ1v) is 9.76. The van der Waals surface area contributed by atoms with Crippen molar-refractivity contribution in [3.05, 3.63) is 39.7 Å². The molecular weight excluding hydrogens is 404 g/mol. The number of carbonyl (C=O) groups is 1. The number of anilines is 1. The standard InChI is InChI=1S/C14H13BrN2O4S2/c1-17-6-7-21-11-3-2-9(8-10(11)14(17)18)16-23(19,20)13-5-4-12(15)22-13/h2-5,8,16H,6-7H2,1H3. The Labute approximate surface area is 146 Å². The number of nitrogens with zero attached hydrogens (tertiary/aromatic N) is 1. The lowest BCUT2D eigenvalue weighted by atomic mass is 10.1. The molecule has 0 radical (unpaired) electrons. The Morgan fingerprint density at radius 2 is 2.09 bits per heavy atom. The molecule has 1 aliphatic heterocycles. The highest BCUT2D eigenvalue weighted by Gasteiger charge is 2.23. The van der Waals surface area contributed by atoms with Crippen LogP contribution in [-0.2, 0) is 10.0 Å². The lowest BCUT2D eigenvalue weighted by Gasteiger charge is -2.13. The summed E-state index contributed by atoms with van der Waals surface area (Å²) in [4.78, 5) is 13.8. The molecule has 6 nitrogen and oxygen atoms in total. The van der Waals surface area contributed by atoms with Crippen LogP contribution in [0.5, 0.6) is 5.75 Å². The van der Waals surface area contributed by atoms with Crippen molar-refractivity contribution in [2.75, 3.05) is 24.9 Å². The molecule has 23 heavy (non-hydrogen) atoms. The van der Waals surface area contributed by atoms with E-state index in [9.17, 15) is 13.2 Å². The van der Waals surface area contributed by atoms with Crippen molar-refractivity contribution >= 4 is 48.9 Å². The second-order valence-electron chi connectivity index (χ2n) is 4.95. The van der Waals surface area contributed by atoms with Gasteiger partial charge in [-0.1, -0.05) is 0 Å². The molecule has 1 amide bonds. The van der Waals surface area contributed by atoms with Gasteiger partial charge in [-0.3, -0.25) is 9.52 Å². The lowest BCUT2D eigenvalue weighted by molar-refractivity contribution is 0.0797. The molecule has 9 heteroatoms. The summed E-state index contributed by atoms with van der Waals surface area (Å²) in [6.07, 6.45) is 0. The van der Waals surface area contributed by atoms with Crippen molar-refractivity contribution < 1.29 is 17.9 Å². The topological polar surface area (TPSA) is 75.7 Å². The summed E-state index contributed by atoms with van der Waals surface area (Å²) in [5.41, 5.74) is 0.665. The molecule has 1 aliphatic rings. The molecule has 0 saturated heterocycles. The molecular formula is C14H13BrN2O4S2. The van der Waals surface area contributed by atoms with E-state index in [0.29, 0.717) is 30.2 Å². The molecule has 1 aromatic carbocycles. The van der Waals surface area contributed by atoms with E-state index in [4.69, 9.17) is 4.74 Å². The zero-order valence-corrected chi connectivity index (χ0v) is 15.3. The quantitative estimate of drug-likeness (QED) is 0.834. The van der Waals surface area contributed by atoms with Crippen LogP contribution in [0, 0.1) is 0 Å². The number of nitrogens with one attached hydrogen (secondary N) is 1. The van der Waals surface area contributed by atoms with Gasteiger partial charge in [-0.05, 0) is 46.3 Å². The Bertz CT molecular complexity index is 863. The normalized spacial score (nSPS) is 14.9. The van der Waals surface area contributed by atoms with Gasteiger partial charge >= 0.3 is 0 Å². The molecule has 0 spiro atoms. The Balaban J connectivity index is 1.93. The minimum atomic E-state index is -3.69. The van der Waals surface area contributed by atoms with Crippen LogP contribution in [-0.4, -0.2) is 39.4 Å². The van der Waals surface area contributed by atoms with E-state index in [1.165, 1.54) is 12.1 Å². The number of amides is 1. The fourth-order valence-electron chi connectivity index (χ4n) is 2.13. The fraction of sp³-hybridized carbons (Fsp3) is 0.214. The Kier molecular flexibility index (Phi) is 4.35. The van der Waals surface area contributed by atoms with E-state index in [1.807, 2.05) is 0 Å². The van der Waals surface area contributed by atoms with E-state index in [-0.39, 0.29) is 10.1 Å². The van der Waals surface area contributed by atoms with Crippen LogP contribution < -0.4 is 9.46 Å². The second-order valence-corrected chi connectivity index (χ2v) is 9.32. The molecule has 0 atom stereocenters. The molecule has 1 N–H and O–H groups in total. The zero-order valence-electron chi connectivity index (χ0n) is 12.1. The highest BCUT2D eigenvalue weighted by Crippen LogP contribution is 2.30. The summed E-state index contributed by atoms with van der Waals surface area (Å²) in [5.74, 6) is 0.263. The van der Waals surface area contributed by atoms with E-state index in [0.717, 1.165) is 15.1 Å². The number of rotatable bonds is 3. The molecule has 2 aromatic rings. The summed E-state index contributed by atoms with van der Waals surface area (Å²) in [6, 6.07) is 7.87. The summed E-state index contributed by atoms with van der Waals surface area (Å²) in [6.45, 7) is 0.890. The van der Waals surface area contributed by atoms with Gasteiger partial charge in [0.1, 0.15) is 16.6 Å². The average molecular weight is 417 g/mol. The Morgan fingerprint density at radius 3 is 2.78 bits per heavy atom. The van der Waals surface area contributed by atoms with Crippen LogP contribution in [0.2, 0.25) is 0 Å². The molecule has 0 saturated carbocycles. The molecule has 3 rings (SSSR count). The monoisotopic (exact) mass is 416 g/mol. The second kappa shape index (κ2) is 6.14. The molecule has 0 aliphatic carbocycles. The molecule has 0 unspecified atom stereocenters. The first kappa shape index (κ1) is 16.3. The van der Waals surface area contributed by atoms with Gasteiger partial charge in [0.15, 0.2) is 0 Å². The lowest BCUT2D eigenvalue weighted by Crippen LogP contribution is -2.27. The Morgan fingerprint density at radius 1 is 1.30 bits per heavy atom. The number of likely N-dealkylation sites (N-methyl/N-ethyl adjacent to an activating group) is 1. The number of benzene rings is 1. The average Bonchev–Trinajstić information content (AvgIpc) is 2.89. The maximum Gasteiger partial charge on any atom is 0.271 e. The third-order valence-corrected chi connectivity index (χ3v) is 6.80. The highest BCUT2D eigenvalue weighted by atomic mass is 79.9. The van der Waals surface area contributed by atoms with Crippen molar-refractivity contribution in [3.63, 3.8) is 0 Å². The number of sulfonamides is 1. The minimum absolute atomic E-state index is 0.194. The summed E-state index contributed by atoms with van der Waals surface area (Å²) in [7, 11) is -2.00. The van der Waals surface area contributed by atoms with E-state index in [1.54, 1.807) is 30.1 Å². The molecule has 122 valence electrons. The predicted octanol–water partition coefficient (Wildman–Crippen LogP) is 2.78. The van der Waals surface area contributed by atoms with Gasteiger partial charge in [0.05, 0.1) is 15.9 Å². The zero-order chi connectivity index (χ0) is 16.6. The van der Waals surface area contributed by atoms with Crippen LogP contribution in [0.3, 0.4) is 0 Å². The Hall–Kier alpha value is -1.58. The third-order valence-electron chi connectivity index (χ3n) is 3.31.